The molecule has 6 nitrogen and oxygen atoms in total. The van der Waals surface area contributed by atoms with Crippen molar-refractivity contribution in [2.45, 2.75) is 12.5 Å². The maximum absolute atomic E-state index is 12.2. The van der Waals surface area contributed by atoms with Gasteiger partial charge in [-0.2, -0.15) is 5.26 Å². The SMILES string of the molecule is N#CC(=Cc1ccc(-c2ccc(Cl)c(Cl)c2)o1)C(=O)NC1CCS(=O)(=O)C1. The summed E-state index contributed by atoms with van der Waals surface area (Å²) >= 11 is 11.9. The number of amides is 1. The molecule has 9 heteroatoms. The second kappa shape index (κ2) is 7.77. The Kier molecular flexibility index (Phi) is 5.61. The summed E-state index contributed by atoms with van der Waals surface area (Å²) in [6.07, 6.45) is 1.65. The van der Waals surface area contributed by atoms with Gasteiger partial charge >= 0.3 is 0 Å². The van der Waals surface area contributed by atoms with Crippen LogP contribution < -0.4 is 5.32 Å². The highest BCUT2D eigenvalue weighted by molar-refractivity contribution is 7.91. The van der Waals surface area contributed by atoms with Gasteiger partial charge in [-0.15, -0.1) is 0 Å². The molecule has 2 heterocycles. The van der Waals surface area contributed by atoms with Crippen LogP contribution in [0.4, 0.5) is 0 Å². The molecule has 0 bridgehead atoms. The zero-order valence-electron chi connectivity index (χ0n) is 13.9. The summed E-state index contributed by atoms with van der Waals surface area (Å²) in [5.74, 6) is 0.0994. The van der Waals surface area contributed by atoms with Gasteiger partial charge in [0.15, 0.2) is 9.84 Å². The number of halogens is 2. The number of furan rings is 1. The molecule has 1 saturated heterocycles. The lowest BCUT2D eigenvalue weighted by Gasteiger charge is -2.09. The Labute approximate surface area is 166 Å². The van der Waals surface area contributed by atoms with Crippen molar-refractivity contribution in [3.05, 3.63) is 51.7 Å². The molecule has 1 aliphatic heterocycles. The van der Waals surface area contributed by atoms with Gasteiger partial charge in [0.25, 0.3) is 5.91 Å². The molecule has 1 aromatic heterocycles. The fourth-order valence-electron chi connectivity index (χ4n) is 2.70. The van der Waals surface area contributed by atoms with E-state index < -0.39 is 21.8 Å². The van der Waals surface area contributed by atoms with Gasteiger partial charge in [-0.3, -0.25) is 4.79 Å². The summed E-state index contributed by atoms with van der Waals surface area (Å²) in [4.78, 5) is 12.2. The van der Waals surface area contributed by atoms with Crippen LogP contribution in [0.15, 0.2) is 40.3 Å². The smallest absolute Gasteiger partial charge is 0.262 e. The summed E-state index contributed by atoms with van der Waals surface area (Å²) in [6, 6.07) is 9.65. The number of rotatable bonds is 4. The highest BCUT2D eigenvalue weighted by atomic mass is 35.5. The summed E-state index contributed by atoms with van der Waals surface area (Å²) in [5.41, 5.74) is 0.525. The second-order valence-electron chi connectivity index (χ2n) is 6.07. The average Bonchev–Trinajstić information content (AvgIpc) is 3.21. The number of carbonyl (C=O) groups excluding carboxylic acids is 1. The molecule has 3 rings (SSSR count). The normalized spacial score (nSPS) is 18.9. The molecular weight excluding hydrogens is 411 g/mol. The molecule has 0 spiro atoms. The maximum atomic E-state index is 12.2. The zero-order valence-corrected chi connectivity index (χ0v) is 16.2. The lowest BCUT2D eigenvalue weighted by molar-refractivity contribution is -0.117. The van der Waals surface area contributed by atoms with E-state index in [4.69, 9.17) is 27.6 Å². The van der Waals surface area contributed by atoms with Crippen LogP contribution in [-0.2, 0) is 14.6 Å². The number of hydrogen-bond donors (Lipinski definition) is 1. The van der Waals surface area contributed by atoms with Crippen LogP contribution in [0, 0.1) is 11.3 Å². The van der Waals surface area contributed by atoms with Crippen LogP contribution in [0.3, 0.4) is 0 Å². The minimum absolute atomic E-state index is 0.0365. The van der Waals surface area contributed by atoms with E-state index in [-0.39, 0.29) is 17.1 Å². The third kappa shape index (κ3) is 4.72. The van der Waals surface area contributed by atoms with Gasteiger partial charge in [0.05, 0.1) is 21.6 Å². The molecule has 1 fully saturated rings. The van der Waals surface area contributed by atoms with Crippen molar-refractivity contribution in [1.29, 1.82) is 5.26 Å². The van der Waals surface area contributed by atoms with Crippen LogP contribution >= 0.6 is 23.2 Å². The zero-order chi connectivity index (χ0) is 19.6. The van der Waals surface area contributed by atoms with Crippen LogP contribution in [-0.4, -0.2) is 31.9 Å². The summed E-state index contributed by atoms with van der Waals surface area (Å²) in [6.45, 7) is 0. The van der Waals surface area contributed by atoms with Gasteiger partial charge in [-0.05, 0) is 36.8 Å². The first-order valence-electron chi connectivity index (χ1n) is 7.96. The number of hydrogen-bond acceptors (Lipinski definition) is 5. The lowest BCUT2D eigenvalue weighted by atomic mass is 10.2. The Bertz CT molecular complexity index is 1070. The number of nitrogens with one attached hydrogen (secondary N) is 1. The third-order valence-electron chi connectivity index (χ3n) is 4.05. The molecule has 27 heavy (non-hydrogen) atoms. The molecule has 1 atom stereocenters. The number of nitrogens with zero attached hydrogens (tertiary/aromatic N) is 1. The number of carbonyl (C=O) groups is 1. The van der Waals surface area contributed by atoms with Gasteiger partial charge in [-0.25, -0.2) is 8.42 Å². The van der Waals surface area contributed by atoms with Crippen molar-refractivity contribution < 1.29 is 17.6 Å². The Morgan fingerprint density at radius 3 is 2.67 bits per heavy atom. The quantitative estimate of drug-likeness (QED) is 0.597. The van der Waals surface area contributed by atoms with Gasteiger partial charge in [0, 0.05) is 17.7 Å². The molecule has 0 radical (unpaired) electrons. The van der Waals surface area contributed by atoms with Crippen molar-refractivity contribution in [1.82, 2.24) is 5.32 Å². The minimum Gasteiger partial charge on any atom is -0.457 e. The number of benzene rings is 1. The molecule has 2 aromatic rings. The Morgan fingerprint density at radius 2 is 2.04 bits per heavy atom. The summed E-state index contributed by atoms with van der Waals surface area (Å²) in [5, 5.41) is 12.6. The molecule has 1 amide bonds. The van der Waals surface area contributed by atoms with E-state index >= 15 is 0 Å². The predicted octanol–water partition coefficient (Wildman–Crippen LogP) is 3.46. The van der Waals surface area contributed by atoms with Crippen LogP contribution in [0.25, 0.3) is 17.4 Å². The molecular formula is C18H14Cl2N2O4S. The molecule has 140 valence electrons. The highest BCUT2D eigenvalue weighted by Crippen LogP contribution is 2.30. The third-order valence-corrected chi connectivity index (χ3v) is 6.56. The number of sulfone groups is 1. The van der Waals surface area contributed by atoms with Gasteiger partial charge < -0.3 is 9.73 Å². The van der Waals surface area contributed by atoms with Crippen molar-refractivity contribution in [2.24, 2.45) is 0 Å². The lowest BCUT2D eigenvalue weighted by Crippen LogP contribution is -2.36. The van der Waals surface area contributed by atoms with Crippen LogP contribution in [0.5, 0.6) is 0 Å². The fourth-order valence-corrected chi connectivity index (χ4v) is 4.67. The minimum atomic E-state index is -3.12. The fraction of sp³-hybridized carbons (Fsp3) is 0.222. The number of nitriles is 1. The summed E-state index contributed by atoms with van der Waals surface area (Å²) < 4.78 is 28.6. The van der Waals surface area contributed by atoms with Crippen molar-refractivity contribution >= 4 is 45.0 Å². The molecule has 1 N–H and O–H groups in total. The maximum Gasteiger partial charge on any atom is 0.262 e. The van der Waals surface area contributed by atoms with E-state index in [2.05, 4.69) is 5.32 Å². The van der Waals surface area contributed by atoms with Crippen molar-refractivity contribution in [3.8, 4) is 17.4 Å². The largest absolute Gasteiger partial charge is 0.457 e. The first kappa shape index (κ1) is 19.5. The van der Waals surface area contributed by atoms with E-state index in [1.54, 1.807) is 30.3 Å². The standard InChI is InChI=1S/C18H14Cl2N2O4S/c19-15-3-1-11(8-16(15)20)17-4-2-14(26-17)7-12(9-21)18(23)22-13-5-6-27(24,25)10-13/h1-4,7-8,13H,5-6,10H2,(H,22,23). The van der Waals surface area contributed by atoms with Gasteiger partial charge in [0.2, 0.25) is 0 Å². The molecule has 0 saturated carbocycles. The van der Waals surface area contributed by atoms with Crippen molar-refractivity contribution in [2.75, 3.05) is 11.5 Å². The average molecular weight is 425 g/mol. The van der Waals surface area contributed by atoms with E-state index in [1.807, 2.05) is 6.07 Å². The Balaban J connectivity index is 1.76. The van der Waals surface area contributed by atoms with Gasteiger partial charge in [-0.1, -0.05) is 23.2 Å². The van der Waals surface area contributed by atoms with Crippen molar-refractivity contribution in [3.63, 3.8) is 0 Å². The van der Waals surface area contributed by atoms with E-state index in [9.17, 15) is 18.5 Å². The molecule has 1 aromatic carbocycles. The topological polar surface area (TPSA) is 100 Å². The Hall–Kier alpha value is -2.27. The Morgan fingerprint density at radius 1 is 1.26 bits per heavy atom. The van der Waals surface area contributed by atoms with Crippen LogP contribution in [0.2, 0.25) is 10.0 Å². The first-order valence-corrected chi connectivity index (χ1v) is 10.5. The van der Waals surface area contributed by atoms with Crippen LogP contribution in [0.1, 0.15) is 12.2 Å². The predicted molar refractivity (Wildman–Crippen MR) is 103 cm³/mol. The van der Waals surface area contributed by atoms with E-state index in [0.717, 1.165) is 0 Å². The second-order valence-corrected chi connectivity index (χ2v) is 9.12. The van der Waals surface area contributed by atoms with Gasteiger partial charge in [0.1, 0.15) is 23.2 Å². The first-order chi connectivity index (χ1) is 12.8. The molecule has 1 unspecified atom stereocenters. The highest BCUT2D eigenvalue weighted by Gasteiger charge is 2.29. The van der Waals surface area contributed by atoms with E-state index in [0.29, 0.717) is 33.6 Å². The summed E-state index contributed by atoms with van der Waals surface area (Å²) in [7, 11) is -3.12. The monoisotopic (exact) mass is 424 g/mol. The van der Waals surface area contributed by atoms with E-state index in [1.165, 1.54) is 6.08 Å². The molecule has 1 aliphatic rings. The molecule has 0 aliphatic carbocycles.